The third-order valence-corrected chi connectivity index (χ3v) is 2.47. The normalized spacial score (nSPS) is 23.3. The highest BCUT2D eigenvalue weighted by molar-refractivity contribution is 4.66. The van der Waals surface area contributed by atoms with Crippen LogP contribution in [0.2, 0.25) is 0 Å². The Morgan fingerprint density at radius 2 is 1.17 bits per heavy atom. The van der Waals surface area contributed by atoms with E-state index in [1.165, 1.54) is 25.7 Å². The van der Waals surface area contributed by atoms with E-state index >= 15 is 0 Å². The average molecular weight is 262 g/mol. The van der Waals surface area contributed by atoms with Crippen molar-refractivity contribution in [3.8, 4) is 0 Å². The molecule has 0 spiro atoms. The van der Waals surface area contributed by atoms with Gasteiger partial charge in [-0.25, -0.2) is 0 Å². The smallest absolute Gasteiger partial charge is 0.104 e. The van der Waals surface area contributed by atoms with Crippen molar-refractivity contribution in [2.24, 2.45) is 0 Å². The van der Waals surface area contributed by atoms with Crippen LogP contribution >= 0.6 is 0 Å². The lowest BCUT2D eigenvalue weighted by molar-refractivity contribution is 0.171. The Labute approximate surface area is 112 Å². The zero-order chi connectivity index (χ0) is 13.6. The second-order valence-corrected chi connectivity index (χ2v) is 4.53. The van der Waals surface area contributed by atoms with Gasteiger partial charge in [0.25, 0.3) is 0 Å². The summed E-state index contributed by atoms with van der Waals surface area (Å²) in [7, 11) is 3.36. The molecule has 18 heavy (non-hydrogen) atoms. The van der Waals surface area contributed by atoms with Crippen molar-refractivity contribution in [3.63, 3.8) is 0 Å². The molecule has 0 aromatic heterocycles. The lowest BCUT2D eigenvalue weighted by Gasteiger charge is -1.86. The number of hydrogen-bond donors (Lipinski definition) is 0. The van der Waals surface area contributed by atoms with Gasteiger partial charge in [0.1, 0.15) is 12.2 Å². The number of hydrogen-bond acceptors (Lipinski definition) is 4. The second kappa shape index (κ2) is 13.3. The molecular formula is C14H30O4. The van der Waals surface area contributed by atoms with Gasteiger partial charge >= 0.3 is 0 Å². The molecule has 110 valence electrons. The molecule has 0 amide bonds. The van der Waals surface area contributed by atoms with E-state index in [4.69, 9.17) is 18.9 Å². The van der Waals surface area contributed by atoms with Crippen LogP contribution in [0.25, 0.3) is 0 Å². The Bertz CT molecular complexity index is 138. The Balaban J connectivity index is 0.000000241. The van der Waals surface area contributed by atoms with E-state index in [-0.39, 0.29) is 0 Å². The fourth-order valence-electron chi connectivity index (χ4n) is 1.20. The van der Waals surface area contributed by atoms with E-state index < -0.39 is 0 Å². The quantitative estimate of drug-likeness (QED) is 0.522. The van der Waals surface area contributed by atoms with Crippen LogP contribution < -0.4 is 0 Å². The molecule has 2 heterocycles. The first-order valence-electron chi connectivity index (χ1n) is 6.99. The third kappa shape index (κ3) is 15.8. The van der Waals surface area contributed by atoms with E-state index in [9.17, 15) is 0 Å². The molecule has 2 unspecified atom stereocenters. The van der Waals surface area contributed by atoms with Gasteiger partial charge in [0.2, 0.25) is 0 Å². The molecule has 2 fully saturated rings. The molecular weight excluding hydrogens is 232 g/mol. The minimum atomic E-state index is 0.426. The molecule has 2 saturated heterocycles. The second-order valence-electron chi connectivity index (χ2n) is 4.53. The van der Waals surface area contributed by atoms with Gasteiger partial charge in [-0.1, -0.05) is 39.5 Å². The fraction of sp³-hybridized carbons (Fsp3) is 1.00. The molecule has 2 atom stereocenters. The maximum Gasteiger partial charge on any atom is 0.104 e. The first kappa shape index (κ1) is 17.8. The molecule has 0 aromatic carbocycles. The van der Waals surface area contributed by atoms with Crippen molar-refractivity contribution in [2.45, 2.75) is 51.7 Å². The molecule has 0 radical (unpaired) electrons. The maximum atomic E-state index is 4.82. The number of ether oxygens (including phenoxy) is 4. The summed E-state index contributed by atoms with van der Waals surface area (Å²) < 4.78 is 19.1. The third-order valence-electron chi connectivity index (χ3n) is 2.47. The van der Waals surface area contributed by atoms with E-state index in [0.29, 0.717) is 12.2 Å². The summed E-state index contributed by atoms with van der Waals surface area (Å²) in [5.74, 6) is 0. The van der Waals surface area contributed by atoms with Crippen LogP contribution in [0.5, 0.6) is 0 Å². The predicted molar refractivity (Wildman–Crippen MR) is 73.0 cm³/mol. The number of unbranched alkanes of at least 4 members (excludes halogenated alkanes) is 3. The Morgan fingerprint density at radius 3 is 1.28 bits per heavy atom. The highest BCUT2D eigenvalue weighted by atomic mass is 16.6. The van der Waals surface area contributed by atoms with Gasteiger partial charge in [0.05, 0.1) is 26.4 Å². The highest BCUT2D eigenvalue weighted by Crippen LogP contribution is 2.07. The summed E-state index contributed by atoms with van der Waals surface area (Å²) in [6.45, 7) is 7.78. The van der Waals surface area contributed by atoms with Crippen LogP contribution in [0.4, 0.5) is 0 Å². The summed E-state index contributed by atoms with van der Waals surface area (Å²) in [4.78, 5) is 0. The average Bonchev–Trinajstić information content (AvgIpc) is 3.24. The zero-order valence-electron chi connectivity index (χ0n) is 12.4. The number of methoxy groups -OCH3 is 2. The van der Waals surface area contributed by atoms with Gasteiger partial charge in [-0.15, -0.1) is 0 Å². The van der Waals surface area contributed by atoms with Crippen LogP contribution in [0, 0.1) is 0 Å². The molecule has 4 nitrogen and oxygen atoms in total. The Hall–Kier alpha value is -0.160. The van der Waals surface area contributed by atoms with Crippen molar-refractivity contribution in [2.75, 3.05) is 40.6 Å². The number of rotatable bonds is 7. The molecule has 2 rings (SSSR count). The van der Waals surface area contributed by atoms with E-state index in [2.05, 4.69) is 13.8 Å². The monoisotopic (exact) mass is 262 g/mol. The molecule has 2 aliphatic heterocycles. The molecule has 2 aliphatic rings. The number of epoxide rings is 2. The molecule has 4 heteroatoms. The molecule has 0 saturated carbocycles. The largest absolute Gasteiger partial charge is 0.382 e. The minimum Gasteiger partial charge on any atom is -0.382 e. The van der Waals surface area contributed by atoms with Crippen LogP contribution in [-0.4, -0.2) is 52.9 Å². The van der Waals surface area contributed by atoms with Crippen molar-refractivity contribution < 1.29 is 18.9 Å². The Kier molecular flexibility index (Phi) is 13.2. The predicted octanol–water partition coefficient (Wildman–Crippen LogP) is 2.65. The van der Waals surface area contributed by atoms with Gasteiger partial charge in [0, 0.05) is 14.2 Å². The maximum absolute atomic E-state index is 4.82. The summed E-state index contributed by atoms with van der Waals surface area (Å²) in [5.41, 5.74) is 0. The van der Waals surface area contributed by atoms with Crippen LogP contribution in [-0.2, 0) is 18.9 Å². The Morgan fingerprint density at radius 1 is 0.833 bits per heavy atom. The van der Waals surface area contributed by atoms with Gasteiger partial charge in [-0.2, -0.15) is 0 Å². The SMILES string of the molecule is CCCCCC.COCC1CO1.COCC1CO1. The van der Waals surface area contributed by atoms with Crippen LogP contribution in [0.15, 0.2) is 0 Å². The molecule has 0 aromatic rings. The van der Waals surface area contributed by atoms with E-state index in [1.54, 1.807) is 14.2 Å². The van der Waals surface area contributed by atoms with Crippen molar-refractivity contribution in [3.05, 3.63) is 0 Å². The minimum absolute atomic E-state index is 0.426. The lowest BCUT2D eigenvalue weighted by Crippen LogP contribution is -1.94. The molecule has 0 aliphatic carbocycles. The van der Waals surface area contributed by atoms with Gasteiger partial charge < -0.3 is 18.9 Å². The van der Waals surface area contributed by atoms with Crippen molar-refractivity contribution in [1.82, 2.24) is 0 Å². The summed E-state index contributed by atoms with van der Waals surface area (Å²) in [6, 6.07) is 0. The topological polar surface area (TPSA) is 43.5 Å². The zero-order valence-corrected chi connectivity index (χ0v) is 12.4. The van der Waals surface area contributed by atoms with Gasteiger partial charge in [-0.3, -0.25) is 0 Å². The van der Waals surface area contributed by atoms with E-state index in [0.717, 1.165) is 26.4 Å². The highest BCUT2D eigenvalue weighted by Gasteiger charge is 2.21. The van der Waals surface area contributed by atoms with Crippen molar-refractivity contribution >= 4 is 0 Å². The van der Waals surface area contributed by atoms with E-state index in [1.807, 2.05) is 0 Å². The fourth-order valence-corrected chi connectivity index (χ4v) is 1.20. The lowest BCUT2D eigenvalue weighted by atomic mass is 10.2. The van der Waals surface area contributed by atoms with Crippen LogP contribution in [0.3, 0.4) is 0 Å². The van der Waals surface area contributed by atoms with Crippen molar-refractivity contribution in [1.29, 1.82) is 0 Å². The summed E-state index contributed by atoms with van der Waals surface area (Å²) >= 11 is 0. The first-order valence-corrected chi connectivity index (χ1v) is 6.99. The van der Waals surface area contributed by atoms with Gasteiger partial charge in [0.15, 0.2) is 0 Å². The molecule has 0 N–H and O–H groups in total. The van der Waals surface area contributed by atoms with Crippen LogP contribution in [0.1, 0.15) is 39.5 Å². The standard InChI is InChI=1S/C6H14.2C4H8O2/c1-3-5-6-4-2;2*1-5-2-4-3-6-4/h3-6H2,1-2H3;2*4H,2-3H2,1H3. The molecule has 0 bridgehead atoms. The first-order chi connectivity index (χ1) is 8.78. The van der Waals surface area contributed by atoms with Gasteiger partial charge in [-0.05, 0) is 0 Å². The summed E-state index contributed by atoms with van der Waals surface area (Å²) in [5, 5.41) is 0. The summed E-state index contributed by atoms with van der Waals surface area (Å²) in [6.07, 6.45) is 6.39.